The molecule has 2 fully saturated rings. The van der Waals surface area contributed by atoms with Crippen LogP contribution in [0.1, 0.15) is 72.9 Å². The molecule has 2 unspecified atom stereocenters. The molecule has 0 radical (unpaired) electrons. The molecule has 0 spiro atoms. The standard InChI is InChI=1S/C29H28F10N2O6S/c1-13(2)19-10-20(23(46-4)11-22(19)30)18-5-6-41(48(44,45)29(37,38)39)25(42)21(18)12-40-14(3)24(47-26(40)43)15-7-16(27(31,32)33)9-17(8-15)28(34,35)36/h7-11,13-14,18,21,24H,5-6,12H2,1-4H3/t14-,18?,21?,24-/m0/s1. The van der Waals surface area contributed by atoms with Gasteiger partial charge in [0.05, 0.1) is 30.2 Å². The lowest BCUT2D eigenvalue weighted by Crippen LogP contribution is -2.54. The predicted octanol–water partition coefficient (Wildman–Crippen LogP) is 7.36. The Labute approximate surface area is 267 Å². The molecule has 2 amide bonds. The number of ether oxygens (including phenoxy) is 2. The Morgan fingerprint density at radius 2 is 1.50 bits per heavy atom. The largest absolute Gasteiger partial charge is 0.516 e. The smallest absolute Gasteiger partial charge is 0.496 e. The molecule has 4 rings (SSSR count). The number of hydrogen-bond acceptors (Lipinski definition) is 6. The van der Waals surface area contributed by atoms with Crippen LogP contribution in [0.25, 0.3) is 0 Å². The van der Waals surface area contributed by atoms with Crippen LogP contribution in [0.2, 0.25) is 0 Å². The lowest BCUT2D eigenvalue weighted by Gasteiger charge is -2.39. The van der Waals surface area contributed by atoms with Gasteiger partial charge in [0.1, 0.15) is 17.7 Å². The van der Waals surface area contributed by atoms with Crippen molar-refractivity contribution in [3.8, 4) is 5.75 Å². The van der Waals surface area contributed by atoms with Gasteiger partial charge in [-0.05, 0) is 60.2 Å². The van der Waals surface area contributed by atoms with Crippen LogP contribution >= 0.6 is 0 Å². The molecule has 0 aromatic heterocycles. The number of halogens is 10. The Bertz CT molecular complexity index is 1660. The Morgan fingerprint density at radius 1 is 0.938 bits per heavy atom. The number of benzene rings is 2. The van der Waals surface area contributed by atoms with E-state index in [0.717, 1.165) is 20.1 Å². The fraction of sp³-hybridized carbons (Fsp3) is 0.517. The van der Waals surface area contributed by atoms with Crippen molar-refractivity contribution < 1.29 is 71.4 Å². The second kappa shape index (κ2) is 12.6. The van der Waals surface area contributed by atoms with Gasteiger partial charge in [-0.2, -0.15) is 47.9 Å². The highest BCUT2D eigenvalue weighted by molar-refractivity contribution is 7.90. The van der Waals surface area contributed by atoms with Gasteiger partial charge in [0, 0.05) is 25.1 Å². The van der Waals surface area contributed by atoms with E-state index in [9.17, 15) is 61.9 Å². The third-order valence-electron chi connectivity index (χ3n) is 8.37. The van der Waals surface area contributed by atoms with Crippen molar-refractivity contribution in [3.63, 3.8) is 0 Å². The molecule has 19 heteroatoms. The van der Waals surface area contributed by atoms with Gasteiger partial charge in [-0.15, -0.1) is 0 Å². The molecule has 2 aromatic rings. The van der Waals surface area contributed by atoms with Crippen LogP contribution in [0.3, 0.4) is 0 Å². The van der Waals surface area contributed by atoms with Gasteiger partial charge in [-0.1, -0.05) is 13.8 Å². The first-order valence-corrected chi connectivity index (χ1v) is 15.6. The van der Waals surface area contributed by atoms with Crippen LogP contribution in [0, 0.1) is 11.7 Å². The third-order valence-corrected chi connectivity index (χ3v) is 9.90. The van der Waals surface area contributed by atoms with Gasteiger partial charge in [0.2, 0.25) is 5.91 Å². The monoisotopic (exact) mass is 722 g/mol. The number of rotatable bonds is 7. The highest BCUT2D eigenvalue weighted by atomic mass is 32.2. The Balaban J connectivity index is 1.80. The first-order chi connectivity index (χ1) is 21.9. The van der Waals surface area contributed by atoms with E-state index in [1.807, 2.05) is 0 Å². The van der Waals surface area contributed by atoms with Gasteiger partial charge in [-0.25, -0.2) is 13.5 Å². The maximum atomic E-state index is 14.8. The molecule has 0 N–H and O–H groups in total. The van der Waals surface area contributed by atoms with Crippen LogP contribution in [-0.4, -0.2) is 61.4 Å². The topological polar surface area (TPSA) is 93.2 Å². The van der Waals surface area contributed by atoms with Gasteiger partial charge in [0.25, 0.3) is 0 Å². The van der Waals surface area contributed by atoms with Crippen molar-refractivity contribution in [3.05, 3.63) is 64.0 Å². The lowest BCUT2D eigenvalue weighted by molar-refractivity contribution is -0.143. The van der Waals surface area contributed by atoms with Crippen molar-refractivity contribution in [1.29, 1.82) is 0 Å². The number of hydrogen-bond donors (Lipinski definition) is 0. The molecule has 2 aliphatic rings. The van der Waals surface area contributed by atoms with Crippen LogP contribution in [-0.2, 0) is 31.9 Å². The maximum absolute atomic E-state index is 14.8. The molecule has 48 heavy (non-hydrogen) atoms. The summed E-state index contributed by atoms with van der Waals surface area (Å²) in [6, 6.07) is 1.41. The summed E-state index contributed by atoms with van der Waals surface area (Å²) >= 11 is 0. The van der Waals surface area contributed by atoms with Crippen molar-refractivity contribution in [2.45, 2.75) is 69.0 Å². The van der Waals surface area contributed by atoms with Crippen molar-refractivity contribution in [1.82, 2.24) is 9.21 Å². The Morgan fingerprint density at radius 3 is 1.98 bits per heavy atom. The number of amides is 2. The van der Waals surface area contributed by atoms with E-state index in [1.165, 1.54) is 6.07 Å². The number of cyclic esters (lactones) is 1. The minimum Gasteiger partial charge on any atom is -0.496 e. The normalized spacial score (nSPS) is 22.8. The van der Waals surface area contributed by atoms with Crippen molar-refractivity contribution in [2.75, 3.05) is 20.2 Å². The second-order valence-electron chi connectivity index (χ2n) is 11.7. The summed E-state index contributed by atoms with van der Waals surface area (Å²) in [6.07, 6.45) is -14.1. The van der Waals surface area contributed by atoms with Gasteiger partial charge < -0.3 is 14.4 Å². The maximum Gasteiger partial charge on any atom is 0.516 e. The molecule has 0 bridgehead atoms. The quantitative estimate of drug-likeness (QED) is 0.278. The summed E-state index contributed by atoms with van der Waals surface area (Å²) in [6.45, 7) is 2.55. The summed E-state index contributed by atoms with van der Waals surface area (Å²) in [7, 11) is -5.10. The fourth-order valence-electron chi connectivity index (χ4n) is 5.91. The average molecular weight is 723 g/mol. The van der Waals surface area contributed by atoms with Crippen LogP contribution in [0.5, 0.6) is 5.75 Å². The zero-order chi connectivity index (χ0) is 36.3. The molecule has 2 heterocycles. The summed E-state index contributed by atoms with van der Waals surface area (Å²) in [5.74, 6) is -5.93. The molecule has 4 atom stereocenters. The average Bonchev–Trinajstić information content (AvgIpc) is 3.24. The zero-order valence-electron chi connectivity index (χ0n) is 25.4. The van der Waals surface area contributed by atoms with Crippen LogP contribution in [0.4, 0.5) is 48.7 Å². The zero-order valence-corrected chi connectivity index (χ0v) is 26.2. The van der Waals surface area contributed by atoms with E-state index in [2.05, 4.69) is 0 Å². The molecule has 2 aliphatic heterocycles. The Hall–Kier alpha value is -3.77. The molecule has 2 aromatic carbocycles. The van der Waals surface area contributed by atoms with E-state index >= 15 is 0 Å². The Kier molecular flexibility index (Phi) is 9.73. The van der Waals surface area contributed by atoms with Gasteiger partial charge in [-0.3, -0.25) is 4.79 Å². The lowest BCUT2D eigenvalue weighted by atomic mass is 9.78. The summed E-state index contributed by atoms with van der Waals surface area (Å²) < 4.78 is 171. The number of piperidine rings is 1. The SMILES string of the molecule is COc1cc(F)c(C(C)C)cc1C1CCN(S(=O)(=O)C(F)(F)F)C(=O)C1CN1C(=O)O[C@H](c2cc(C(F)(F)F)cc(C(F)(F)F)c2)[C@@H]1C. The molecule has 8 nitrogen and oxygen atoms in total. The first-order valence-electron chi connectivity index (χ1n) is 14.2. The summed E-state index contributed by atoms with van der Waals surface area (Å²) in [4.78, 5) is 27.4. The van der Waals surface area contributed by atoms with Crippen molar-refractivity contribution >= 4 is 22.0 Å². The highest BCUT2D eigenvalue weighted by Crippen LogP contribution is 2.45. The van der Waals surface area contributed by atoms with Gasteiger partial charge in [0.15, 0.2) is 0 Å². The van der Waals surface area contributed by atoms with Crippen LogP contribution < -0.4 is 4.74 Å². The van der Waals surface area contributed by atoms with E-state index < -0.39 is 116 Å². The second-order valence-corrected chi connectivity index (χ2v) is 13.5. The molecule has 2 saturated heterocycles. The van der Waals surface area contributed by atoms with E-state index in [0.29, 0.717) is 17.0 Å². The molecular weight excluding hydrogens is 694 g/mol. The van der Waals surface area contributed by atoms with Gasteiger partial charge >= 0.3 is 34.0 Å². The van der Waals surface area contributed by atoms with E-state index in [4.69, 9.17) is 9.47 Å². The number of carbonyl (C=O) groups is 2. The minimum atomic E-state index is -6.24. The number of alkyl halides is 9. The number of carbonyl (C=O) groups excluding carboxylic acids is 2. The summed E-state index contributed by atoms with van der Waals surface area (Å²) in [5.41, 5.74) is -9.81. The molecule has 0 saturated carbocycles. The number of methoxy groups -OCH3 is 1. The predicted molar refractivity (Wildman–Crippen MR) is 146 cm³/mol. The first kappa shape index (κ1) is 37.1. The van der Waals surface area contributed by atoms with E-state index in [1.54, 1.807) is 13.8 Å². The van der Waals surface area contributed by atoms with E-state index in [-0.39, 0.29) is 22.9 Å². The van der Waals surface area contributed by atoms with Crippen molar-refractivity contribution in [2.24, 2.45) is 5.92 Å². The number of nitrogens with zero attached hydrogens (tertiary/aromatic N) is 2. The third kappa shape index (κ3) is 6.87. The fourth-order valence-corrected chi connectivity index (χ4v) is 6.88. The highest BCUT2D eigenvalue weighted by Gasteiger charge is 2.56. The molecule has 0 aliphatic carbocycles. The summed E-state index contributed by atoms with van der Waals surface area (Å²) in [5, 5.41) is 0. The minimum absolute atomic E-state index is 0.0921. The molecule has 266 valence electrons. The molecular formula is C29H28F10N2O6S. The van der Waals surface area contributed by atoms with Crippen LogP contribution in [0.15, 0.2) is 30.3 Å². The number of sulfonamides is 1.